The number of hydrogen-bond donors (Lipinski definition) is 2. The number of nitrogens with one attached hydrogen (secondary N) is 1. The SMILES string of the molecule is CN1CCc2cc(NC(=O)C(N)c3ccc4ccccc4c3)ccc2C1=O. The topological polar surface area (TPSA) is 75.4 Å². The second-order valence-corrected chi connectivity index (χ2v) is 6.92. The molecule has 5 nitrogen and oxygen atoms in total. The van der Waals surface area contributed by atoms with E-state index in [1.807, 2.05) is 48.5 Å². The van der Waals surface area contributed by atoms with Crippen molar-refractivity contribution < 1.29 is 9.59 Å². The first-order valence-corrected chi connectivity index (χ1v) is 8.96. The minimum absolute atomic E-state index is 0.0157. The number of hydrogen-bond acceptors (Lipinski definition) is 3. The molecule has 3 aromatic rings. The lowest BCUT2D eigenvalue weighted by atomic mass is 9.98. The second kappa shape index (κ2) is 6.85. The van der Waals surface area contributed by atoms with Crippen molar-refractivity contribution in [1.29, 1.82) is 0 Å². The van der Waals surface area contributed by atoms with Crippen LogP contribution in [0.1, 0.15) is 27.5 Å². The highest BCUT2D eigenvalue weighted by atomic mass is 16.2. The number of amides is 2. The Morgan fingerprint density at radius 2 is 1.85 bits per heavy atom. The van der Waals surface area contributed by atoms with E-state index in [2.05, 4.69) is 5.32 Å². The Kier molecular flexibility index (Phi) is 4.38. The highest BCUT2D eigenvalue weighted by Crippen LogP contribution is 2.24. The van der Waals surface area contributed by atoms with Gasteiger partial charge in [0.15, 0.2) is 0 Å². The molecule has 0 spiro atoms. The predicted octanol–water partition coefficient (Wildman–Crippen LogP) is 3.11. The molecule has 0 radical (unpaired) electrons. The van der Waals surface area contributed by atoms with Crippen molar-refractivity contribution in [3.63, 3.8) is 0 Å². The zero-order valence-electron chi connectivity index (χ0n) is 15.1. The fourth-order valence-electron chi connectivity index (χ4n) is 3.45. The van der Waals surface area contributed by atoms with Crippen molar-refractivity contribution in [1.82, 2.24) is 4.90 Å². The van der Waals surface area contributed by atoms with Crippen molar-refractivity contribution >= 4 is 28.3 Å². The van der Waals surface area contributed by atoms with E-state index in [4.69, 9.17) is 5.73 Å². The summed E-state index contributed by atoms with van der Waals surface area (Å²) >= 11 is 0. The van der Waals surface area contributed by atoms with Crippen LogP contribution in [0.15, 0.2) is 60.7 Å². The Labute approximate surface area is 157 Å². The van der Waals surface area contributed by atoms with Gasteiger partial charge in [0.05, 0.1) is 0 Å². The van der Waals surface area contributed by atoms with Crippen molar-refractivity contribution in [2.75, 3.05) is 18.9 Å². The van der Waals surface area contributed by atoms with Crippen LogP contribution in [0, 0.1) is 0 Å². The lowest BCUT2D eigenvalue weighted by Gasteiger charge is -2.25. The van der Waals surface area contributed by atoms with E-state index >= 15 is 0 Å². The van der Waals surface area contributed by atoms with Gasteiger partial charge in [0.1, 0.15) is 6.04 Å². The van der Waals surface area contributed by atoms with Crippen molar-refractivity contribution in [3.05, 3.63) is 77.4 Å². The van der Waals surface area contributed by atoms with E-state index in [0.29, 0.717) is 17.8 Å². The molecule has 27 heavy (non-hydrogen) atoms. The Balaban J connectivity index is 1.53. The van der Waals surface area contributed by atoms with Crippen molar-refractivity contribution in [2.45, 2.75) is 12.5 Å². The van der Waals surface area contributed by atoms with Crippen molar-refractivity contribution in [3.8, 4) is 0 Å². The molecule has 1 atom stereocenters. The first-order valence-electron chi connectivity index (χ1n) is 8.96. The number of likely N-dealkylation sites (N-methyl/N-ethyl adjacent to an activating group) is 1. The number of benzene rings is 3. The standard InChI is InChI=1S/C22H21N3O2/c1-25-11-10-16-13-18(8-9-19(16)22(25)27)24-21(26)20(23)17-7-6-14-4-2-3-5-15(14)12-17/h2-9,12-13,20H,10-11,23H2,1H3,(H,24,26). The third-order valence-electron chi connectivity index (χ3n) is 5.08. The van der Waals surface area contributed by atoms with Crippen LogP contribution >= 0.6 is 0 Å². The number of carbonyl (C=O) groups excluding carboxylic acids is 2. The minimum atomic E-state index is -0.765. The van der Waals surface area contributed by atoms with Crippen LogP contribution in [0.4, 0.5) is 5.69 Å². The minimum Gasteiger partial charge on any atom is -0.341 e. The average molecular weight is 359 g/mol. The summed E-state index contributed by atoms with van der Waals surface area (Å²) < 4.78 is 0. The molecule has 1 heterocycles. The van der Waals surface area contributed by atoms with Crippen LogP contribution in [0.3, 0.4) is 0 Å². The van der Waals surface area contributed by atoms with Gasteiger partial charge < -0.3 is 16.0 Å². The van der Waals surface area contributed by atoms with E-state index in [-0.39, 0.29) is 11.8 Å². The molecule has 0 bridgehead atoms. The Hall–Kier alpha value is -3.18. The van der Waals surface area contributed by atoms with Gasteiger partial charge in [-0.25, -0.2) is 0 Å². The quantitative estimate of drug-likeness (QED) is 0.754. The second-order valence-electron chi connectivity index (χ2n) is 6.92. The fourth-order valence-corrected chi connectivity index (χ4v) is 3.45. The number of fused-ring (bicyclic) bond motifs is 2. The lowest BCUT2D eigenvalue weighted by molar-refractivity contribution is -0.117. The molecule has 3 N–H and O–H groups in total. The molecule has 5 heteroatoms. The predicted molar refractivity (Wildman–Crippen MR) is 107 cm³/mol. The monoisotopic (exact) mass is 359 g/mol. The Bertz CT molecular complexity index is 1040. The zero-order valence-corrected chi connectivity index (χ0v) is 15.1. The van der Waals surface area contributed by atoms with Crippen LogP contribution in [-0.2, 0) is 11.2 Å². The Morgan fingerprint density at radius 3 is 2.67 bits per heavy atom. The third-order valence-corrected chi connectivity index (χ3v) is 5.08. The molecule has 0 saturated heterocycles. The highest BCUT2D eigenvalue weighted by molar-refractivity contribution is 5.99. The lowest BCUT2D eigenvalue weighted by Crippen LogP contribution is -2.34. The van der Waals surface area contributed by atoms with Gasteiger partial charge in [-0.15, -0.1) is 0 Å². The molecule has 1 aliphatic heterocycles. The van der Waals surface area contributed by atoms with Gasteiger partial charge in [0.25, 0.3) is 5.91 Å². The molecule has 1 aliphatic rings. The maximum Gasteiger partial charge on any atom is 0.253 e. The summed E-state index contributed by atoms with van der Waals surface area (Å²) in [4.78, 5) is 26.5. The van der Waals surface area contributed by atoms with E-state index in [0.717, 1.165) is 28.3 Å². The maximum atomic E-state index is 12.6. The highest BCUT2D eigenvalue weighted by Gasteiger charge is 2.22. The van der Waals surface area contributed by atoms with Gasteiger partial charge in [-0.2, -0.15) is 0 Å². The van der Waals surface area contributed by atoms with E-state index in [1.54, 1.807) is 24.1 Å². The number of rotatable bonds is 3. The van der Waals surface area contributed by atoms with Crippen molar-refractivity contribution in [2.24, 2.45) is 5.73 Å². The fraction of sp³-hybridized carbons (Fsp3) is 0.182. The summed E-state index contributed by atoms with van der Waals surface area (Å²) in [7, 11) is 1.80. The van der Waals surface area contributed by atoms with Crippen LogP contribution in [-0.4, -0.2) is 30.3 Å². The van der Waals surface area contributed by atoms with E-state index < -0.39 is 6.04 Å². The molecule has 0 aromatic heterocycles. The number of anilines is 1. The van der Waals surface area contributed by atoms with Gasteiger partial charge in [0.2, 0.25) is 5.91 Å². The molecule has 3 aromatic carbocycles. The largest absolute Gasteiger partial charge is 0.341 e. The Morgan fingerprint density at radius 1 is 1.07 bits per heavy atom. The van der Waals surface area contributed by atoms with E-state index in [1.165, 1.54) is 0 Å². The van der Waals surface area contributed by atoms with Gasteiger partial charge in [-0.3, -0.25) is 9.59 Å². The summed E-state index contributed by atoms with van der Waals surface area (Å²) in [6.07, 6.45) is 0.776. The molecule has 0 saturated carbocycles. The number of nitrogens with two attached hydrogens (primary N) is 1. The van der Waals surface area contributed by atoms with E-state index in [9.17, 15) is 9.59 Å². The molecule has 136 valence electrons. The summed E-state index contributed by atoms with van der Waals surface area (Å²) in [5.41, 5.74) is 9.26. The first kappa shape index (κ1) is 17.2. The number of nitrogens with zero attached hydrogens (tertiary/aromatic N) is 1. The molecule has 0 fully saturated rings. The molecule has 4 rings (SSSR count). The summed E-state index contributed by atoms with van der Waals surface area (Å²) in [5, 5.41) is 5.04. The third kappa shape index (κ3) is 3.29. The average Bonchev–Trinajstić information content (AvgIpc) is 2.70. The molecular weight excluding hydrogens is 338 g/mol. The van der Waals surface area contributed by atoms with Crippen LogP contribution < -0.4 is 11.1 Å². The van der Waals surface area contributed by atoms with Gasteiger partial charge in [0, 0.05) is 24.8 Å². The zero-order chi connectivity index (χ0) is 19.0. The molecule has 1 unspecified atom stereocenters. The van der Waals surface area contributed by atoms with Gasteiger partial charge >= 0.3 is 0 Å². The van der Waals surface area contributed by atoms with Gasteiger partial charge in [-0.05, 0) is 52.6 Å². The van der Waals surface area contributed by atoms with Gasteiger partial charge in [-0.1, -0.05) is 36.4 Å². The molecule has 0 aliphatic carbocycles. The van der Waals surface area contributed by atoms with Crippen LogP contribution in [0.5, 0.6) is 0 Å². The smallest absolute Gasteiger partial charge is 0.253 e. The van der Waals surface area contributed by atoms with Crippen LogP contribution in [0.2, 0.25) is 0 Å². The number of carbonyl (C=O) groups is 2. The first-order chi connectivity index (χ1) is 13.0. The molecule has 2 amide bonds. The summed E-state index contributed by atoms with van der Waals surface area (Å²) in [5.74, 6) is -0.258. The van der Waals surface area contributed by atoms with Crippen LogP contribution in [0.25, 0.3) is 10.8 Å². The normalized spacial score (nSPS) is 14.7. The maximum absolute atomic E-state index is 12.6. The summed E-state index contributed by atoms with van der Waals surface area (Å²) in [6.45, 7) is 0.680. The summed E-state index contributed by atoms with van der Waals surface area (Å²) in [6, 6.07) is 18.4. The molecular formula is C22H21N3O2.